The normalized spacial score (nSPS) is 15.6. The Balaban J connectivity index is 0.00000507. The second-order valence-corrected chi connectivity index (χ2v) is 11.5. The lowest BCUT2D eigenvalue weighted by Gasteiger charge is -2.48. The van der Waals surface area contributed by atoms with Crippen molar-refractivity contribution in [3.8, 4) is 0 Å². The quantitative estimate of drug-likeness (QED) is 0.152. The molecule has 1 atom stereocenters. The van der Waals surface area contributed by atoms with Crippen LogP contribution in [0.25, 0.3) is 0 Å². The summed E-state index contributed by atoms with van der Waals surface area (Å²) in [6.45, 7) is 4.78. The van der Waals surface area contributed by atoms with E-state index in [9.17, 15) is 14.4 Å². The zero-order chi connectivity index (χ0) is 27.0. The number of benzene rings is 1. The van der Waals surface area contributed by atoms with Gasteiger partial charge in [-0.3, -0.25) is 14.4 Å². The van der Waals surface area contributed by atoms with Crippen molar-refractivity contribution in [1.82, 2.24) is 25.3 Å². The Morgan fingerprint density at radius 1 is 1.18 bits per heavy atom. The van der Waals surface area contributed by atoms with Crippen LogP contribution in [0.3, 0.4) is 0 Å². The van der Waals surface area contributed by atoms with Gasteiger partial charge in [0.1, 0.15) is 11.7 Å². The van der Waals surface area contributed by atoms with Gasteiger partial charge in [0.15, 0.2) is 0 Å². The van der Waals surface area contributed by atoms with Crippen LogP contribution in [0.4, 0.5) is 0 Å². The Morgan fingerprint density at radius 2 is 1.87 bits per heavy atom. The van der Waals surface area contributed by atoms with E-state index in [0.29, 0.717) is 41.5 Å². The van der Waals surface area contributed by atoms with Crippen LogP contribution in [0, 0.1) is 5.92 Å². The van der Waals surface area contributed by atoms with Crippen molar-refractivity contribution in [3.05, 3.63) is 40.7 Å². The number of nitrogens with one attached hydrogen (secondary N) is 1. The van der Waals surface area contributed by atoms with E-state index in [1.54, 1.807) is 24.3 Å². The van der Waals surface area contributed by atoms with E-state index in [2.05, 4.69) is 15.5 Å². The van der Waals surface area contributed by atoms with Gasteiger partial charge in [0.2, 0.25) is 12.2 Å². The molecule has 1 saturated carbocycles. The lowest BCUT2D eigenvalue weighted by atomic mass is 9.84. The number of hydrogen-bond acceptors (Lipinski definition) is 8. The highest BCUT2D eigenvalue weighted by Crippen LogP contribution is 2.35. The molecular formula is C26H37Cl2N5O4S. The first-order chi connectivity index (χ1) is 17.7. The van der Waals surface area contributed by atoms with Crippen LogP contribution in [0.15, 0.2) is 33.9 Å². The van der Waals surface area contributed by atoms with Crippen LogP contribution in [0.2, 0.25) is 5.02 Å². The number of halogens is 2. The summed E-state index contributed by atoms with van der Waals surface area (Å²) in [6, 6.07) is 5.91. The zero-order valence-electron chi connectivity index (χ0n) is 22.3. The molecule has 1 aliphatic carbocycles. The summed E-state index contributed by atoms with van der Waals surface area (Å²) in [7, 11) is 3.94. The van der Waals surface area contributed by atoms with Gasteiger partial charge in [0.05, 0.1) is 10.6 Å². The maximum Gasteiger partial charge on any atom is 0.286 e. The number of ketones is 1. The number of thioether (sulfide) groups is 1. The molecular weight excluding hydrogens is 549 g/mol. The third kappa shape index (κ3) is 8.18. The van der Waals surface area contributed by atoms with E-state index in [1.807, 2.05) is 32.8 Å². The highest BCUT2D eigenvalue weighted by molar-refractivity contribution is 7.99. The summed E-state index contributed by atoms with van der Waals surface area (Å²) in [5, 5.41) is 11.7. The van der Waals surface area contributed by atoms with Gasteiger partial charge >= 0.3 is 0 Å². The van der Waals surface area contributed by atoms with Crippen LogP contribution in [-0.2, 0) is 4.79 Å². The Morgan fingerprint density at radius 3 is 2.47 bits per heavy atom. The second kappa shape index (κ2) is 14.9. The van der Waals surface area contributed by atoms with Crippen molar-refractivity contribution < 1.29 is 18.8 Å². The molecule has 2 amide bonds. The molecule has 0 aliphatic heterocycles. The topological polar surface area (TPSA) is 109 Å². The van der Waals surface area contributed by atoms with E-state index in [-0.39, 0.29) is 30.1 Å². The van der Waals surface area contributed by atoms with Crippen molar-refractivity contribution in [2.75, 3.05) is 26.4 Å². The minimum absolute atomic E-state index is 0. The van der Waals surface area contributed by atoms with Gasteiger partial charge in [0.25, 0.3) is 17.0 Å². The van der Waals surface area contributed by atoms with Gasteiger partial charge in [-0.15, -0.1) is 22.6 Å². The van der Waals surface area contributed by atoms with Crippen LogP contribution in [0.5, 0.6) is 0 Å². The summed E-state index contributed by atoms with van der Waals surface area (Å²) in [5.41, 5.74) is -0.711. The van der Waals surface area contributed by atoms with Gasteiger partial charge in [-0.2, -0.15) is 0 Å². The highest BCUT2D eigenvalue weighted by Gasteiger charge is 2.45. The third-order valence-electron chi connectivity index (χ3n) is 6.47. The van der Waals surface area contributed by atoms with Gasteiger partial charge in [-0.1, -0.05) is 55.8 Å². The fourth-order valence-corrected chi connectivity index (χ4v) is 5.69. The molecule has 1 aromatic heterocycles. The molecule has 1 aromatic carbocycles. The summed E-state index contributed by atoms with van der Waals surface area (Å²) in [4.78, 5) is 43.2. The standard InChI is InChI=1S/C26H36ClN5O4S.ClH/c1-18(2)16-21(22(34)24-29-30-25(36-24)37-15-14-31(3)4)32(17-33)26(12-8-5-9-13-26)28-23(35)19-10-6-7-11-20(19)27;/h6-7,10-11,17-18,21H,5,8-9,12-16H2,1-4H3,(H,28,35);1H. The van der Waals surface area contributed by atoms with E-state index in [4.69, 9.17) is 16.0 Å². The molecule has 9 nitrogen and oxygen atoms in total. The van der Waals surface area contributed by atoms with Crippen molar-refractivity contribution in [2.45, 2.75) is 69.3 Å². The lowest BCUT2D eigenvalue weighted by molar-refractivity contribution is -0.129. The number of carbonyl (C=O) groups excluding carboxylic acids is 3. The Bertz CT molecular complexity index is 1080. The van der Waals surface area contributed by atoms with Crippen LogP contribution < -0.4 is 5.32 Å². The predicted molar refractivity (Wildman–Crippen MR) is 151 cm³/mol. The Kier molecular flexibility index (Phi) is 12.5. The summed E-state index contributed by atoms with van der Waals surface area (Å²) >= 11 is 7.66. The predicted octanol–water partition coefficient (Wildman–Crippen LogP) is 4.94. The van der Waals surface area contributed by atoms with Gasteiger partial charge < -0.3 is 19.5 Å². The first kappa shape index (κ1) is 32.1. The molecule has 0 saturated heterocycles. The average Bonchev–Trinajstić information content (AvgIpc) is 3.32. The minimum Gasteiger partial charge on any atom is -0.408 e. The minimum atomic E-state index is -1.03. The molecule has 3 rings (SSSR count). The molecule has 1 fully saturated rings. The number of rotatable bonds is 13. The van der Waals surface area contributed by atoms with E-state index < -0.39 is 17.5 Å². The molecule has 1 unspecified atom stereocenters. The summed E-state index contributed by atoms with van der Waals surface area (Å²) in [6.07, 6.45) is 4.71. The summed E-state index contributed by atoms with van der Waals surface area (Å²) < 4.78 is 5.70. The molecule has 210 valence electrons. The fraction of sp³-hybridized carbons (Fsp3) is 0.577. The summed E-state index contributed by atoms with van der Waals surface area (Å²) in [5.74, 6) is -0.116. The Hall–Kier alpha value is -2.14. The van der Waals surface area contributed by atoms with Gasteiger partial charge in [0, 0.05) is 12.3 Å². The lowest BCUT2D eigenvalue weighted by Crippen LogP contribution is -2.65. The maximum absolute atomic E-state index is 13.7. The molecule has 2 aromatic rings. The number of amides is 2. The second-order valence-electron chi connectivity index (χ2n) is 10.1. The van der Waals surface area contributed by atoms with Gasteiger partial charge in [-0.25, -0.2) is 0 Å². The van der Waals surface area contributed by atoms with Crippen molar-refractivity contribution in [2.24, 2.45) is 5.92 Å². The number of carbonyl (C=O) groups is 3. The van der Waals surface area contributed by atoms with E-state index >= 15 is 0 Å². The maximum atomic E-state index is 13.7. The average molecular weight is 587 g/mol. The molecule has 0 bridgehead atoms. The first-order valence-corrected chi connectivity index (χ1v) is 14.0. The number of Topliss-reactive ketones (excluding diaryl/α,β-unsaturated/α-hetero) is 1. The molecule has 0 radical (unpaired) electrons. The fourth-order valence-electron chi connectivity index (χ4n) is 4.60. The molecule has 0 spiro atoms. The van der Waals surface area contributed by atoms with Crippen LogP contribution in [-0.4, -0.2) is 76.2 Å². The monoisotopic (exact) mass is 585 g/mol. The molecule has 12 heteroatoms. The number of hydrogen-bond donors (Lipinski definition) is 1. The third-order valence-corrected chi connectivity index (χ3v) is 7.60. The number of aromatic nitrogens is 2. The van der Waals surface area contributed by atoms with Crippen molar-refractivity contribution in [1.29, 1.82) is 0 Å². The smallest absolute Gasteiger partial charge is 0.286 e. The van der Waals surface area contributed by atoms with Crippen LogP contribution >= 0.6 is 35.8 Å². The van der Waals surface area contributed by atoms with Crippen molar-refractivity contribution in [3.63, 3.8) is 0 Å². The molecule has 1 N–H and O–H groups in total. The zero-order valence-corrected chi connectivity index (χ0v) is 24.7. The first-order valence-electron chi connectivity index (χ1n) is 12.6. The number of nitrogens with zero attached hydrogens (tertiary/aromatic N) is 4. The van der Waals surface area contributed by atoms with E-state index in [1.165, 1.54) is 16.7 Å². The Labute approximate surface area is 239 Å². The molecule has 1 aliphatic rings. The van der Waals surface area contributed by atoms with Crippen molar-refractivity contribution >= 4 is 53.9 Å². The van der Waals surface area contributed by atoms with E-state index in [0.717, 1.165) is 31.6 Å². The SMILES string of the molecule is CC(C)CC(C(=O)c1nnc(SCCN(C)C)o1)N(C=O)C1(NC(=O)c2ccccc2Cl)CCCCC1.Cl. The molecule has 1 heterocycles. The van der Waals surface area contributed by atoms with Crippen LogP contribution in [0.1, 0.15) is 73.4 Å². The van der Waals surface area contributed by atoms with Gasteiger partial charge in [-0.05, 0) is 64.3 Å². The highest BCUT2D eigenvalue weighted by atomic mass is 35.5. The molecule has 38 heavy (non-hydrogen) atoms. The largest absolute Gasteiger partial charge is 0.408 e.